The summed E-state index contributed by atoms with van der Waals surface area (Å²) < 4.78 is 0. The van der Waals surface area contributed by atoms with Crippen LogP contribution in [0.5, 0.6) is 0 Å². The van der Waals surface area contributed by atoms with Gasteiger partial charge in [0.25, 0.3) is 0 Å². The number of hydrogen-bond donors (Lipinski definition) is 0. The minimum absolute atomic E-state index is 0. The third-order valence-corrected chi connectivity index (χ3v) is 4.24. The van der Waals surface area contributed by atoms with Crippen molar-refractivity contribution in [2.75, 3.05) is 0 Å². The molecule has 2 aromatic carbocycles. The van der Waals surface area contributed by atoms with Crippen LogP contribution in [0, 0.1) is 11.5 Å². The van der Waals surface area contributed by atoms with Crippen molar-refractivity contribution < 1.29 is 58.9 Å². The zero-order valence-corrected chi connectivity index (χ0v) is 19.1. The smallest absolute Gasteiger partial charge is 1.00 e. The molecular formula is C22H23Cl3Ti. The molecule has 0 saturated carbocycles. The van der Waals surface area contributed by atoms with Gasteiger partial charge in [-0.3, -0.25) is 0 Å². The van der Waals surface area contributed by atoms with E-state index >= 15 is 0 Å². The molecule has 0 nitrogen and oxygen atoms in total. The topological polar surface area (TPSA) is 0 Å². The Labute approximate surface area is 191 Å². The average Bonchev–Trinajstić information content (AvgIpc) is 2.99. The molecule has 0 N–H and O–H groups in total. The van der Waals surface area contributed by atoms with Crippen LogP contribution >= 0.6 is 0 Å². The van der Waals surface area contributed by atoms with Crippen molar-refractivity contribution in [2.45, 2.75) is 33.1 Å². The van der Waals surface area contributed by atoms with Crippen molar-refractivity contribution in [1.82, 2.24) is 0 Å². The Hall–Kier alpha value is -0.496. The van der Waals surface area contributed by atoms with Gasteiger partial charge in [0, 0.05) is 5.92 Å². The van der Waals surface area contributed by atoms with Gasteiger partial charge in [0.05, 0.1) is 0 Å². The van der Waals surface area contributed by atoms with Crippen LogP contribution in [0.1, 0.15) is 44.2 Å². The van der Waals surface area contributed by atoms with Crippen molar-refractivity contribution >= 4 is 0 Å². The van der Waals surface area contributed by atoms with E-state index in [0.717, 1.165) is 6.42 Å². The molecule has 2 aromatic rings. The van der Waals surface area contributed by atoms with Crippen LogP contribution in [-0.2, 0) is 21.7 Å². The maximum Gasteiger partial charge on any atom is 4.00 e. The molecule has 4 heteroatoms. The van der Waals surface area contributed by atoms with E-state index in [-0.39, 0.29) is 64.4 Å². The van der Waals surface area contributed by atoms with Crippen molar-refractivity contribution in [2.24, 2.45) is 5.41 Å². The maximum absolute atomic E-state index is 3.71. The molecule has 3 rings (SSSR count). The quantitative estimate of drug-likeness (QED) is 0.351. The normalized spacial score (nSPS) is 12.6. The van der Waals surface area contributed by atoms with Gasteiger partial charge in [-0.05, 0) is 16.5 Å². The minimum Gasteiger partial charge on any atom is -1.00 e. The average molecular weight is 442 g/mol. The van der Waals surface area contributed by atoms with Crippen molar-refractivity contribution in [3.63, 3.8) is 0 Å². The second-order valence-corrected chi connectivity index (χ2v) is 6.98. The number of halogens is 3. The van der Waals surface area contributed by atoms with Crippen LogP contribution in [0.3, 0.4) is 0 Å². The van der Waals surface area contributed by atoms with E-state index < -0.39 is 0 Å². The van der Waals surface area contributed by atoms with E-state index in [4.69, 9.17) is 0 Å². The first-order valence-corrected chi connectivity index (χ1v) is 7.99. The van der Waals surface area contributed by atoms with E-state index in [1.54, 1.807) is 0 Å². The number of allylic oxidation sites excluding steroid dienone is 4. The maximum atomic E-state index is 3.71. The Balaban J connectivity index is 0. The van der Waals surface area contributed by atoms with Crippen LogP contribution in [0.15, 0.2) is 77.9 Å². The van der Waals surface area contributed by atoms with Crippen LogP contribution in [0.25, 0.3) is 0 Å². The van der Waals surface area contributed by atoms with E-state index in [2.05, 4.69) is 93.6 Å². The Morgan fingerprint density at radius 3 is 1.54 bits per heavy atom. The van der Waals surface area contributed by atoms with Gasteiger partial charge < -0.3 is 37.2 Å². The SMILES string of the molecule is CC(C)(C)C1=CCC(C(c2ccccc2)c2ccccc2)=[C-]1.[Cl-].[Cl-].[Cl-].[Ti+4]. The molecule has 26 heavy (non-hydrogen) atoms. The number of benzene rings is 2. The van der Waals surface area contributed by atoms with E-state index in [0.29, 0.717) is 5.92 Å². The Bertz CT molecular complexity index is 662. The molecule has 0 bridgehead atoms. The van der Waals surface area contributed by atoms with Gasteiger partial charge in [-0.2, -0.15) is 5.57 Å². The molecule has 0 atom stereocenters. The molecule has 0 radical (unpaired) electrons. The van der Waals surface area contributed by atoms with Gasteiger partial charge in [-0.1, -0.05) is 87.9 Å². The zero-order chi connectivity index (χ0) is 15.6. The van der Waals surface area contributed by atoms with E-state index in [1.807, 2.05) is 0 Å². The predicted molar refractivity (Wildman–Crippen MR) is 93.6 cm³/mol. The van der Waals surface area contributed by atoms with E-state index in [9.17, 15) is 0 Å². The summed E-state index contributed by atoms with van der Waals surface area (Å²) in [4.78, 5) is 0. The summed E-state index contributed by atoms with van der Waals surface area (Å²) in [6.07, 6.45) is 7.05. The minimum atomic E-state index is 0. The van der Waals surface area contributed by atoms with Crippen LogP contribution in [-0.4, -0.2) is 0 Å². The summed E-state index contributed by atoms with van der Waals surface area (Å²) in [5, 5.41) is 0. The molecule has 0 saturated heterocycles. The summed E-state index contributed by atoms with van der Waals surface area (Å²) >= 11 is 0. The zero-order valence-electron chi connectivity index (χ0n) is 15.3. The van der Waals surface area contributed by atoms with Gasteiger partial charge in [0.1, 0.15) is 0 Å². The fourth-order valence-electron chi connectivity index (χ4n) is 3.06. The Morgan fingerprint density at radius 2 is 1.19 bits per heavy atom. The molecule has 0 spiro atoms. The van der Waals surface area contributed by atoms with E-state index in [1.165, 1.54) is 22.3 Å². The fraction of sp³-hybridized carbons (Fsp3) is 0.273. The standard InChI is InChI=1S/C22H23.3ClH.Ti/c1-22(2,3)20-15-14-19(16-20)21(17-10-6-4-7-11-17)18-12-8-5-9-13-18;;;;/h4-13,15,21H,14H2,1-3H3;3*1H;/q-1;;;;+4/p-3. The largest absolute Gasteiger partial charge is 4.00 e. The number of rotatable bonds is 3. The molecule has 0 unspecified atom stereocenters. The van der Waals surface area contributed by atoms with Gasteiger partial charge in [-0.15, -0.1) is 0 Å². The molecule has 1 aliphatic rings. The third kappa shape index (κ3) is 6.59. The first-order valence-electron chi connectivity index (χ1n) is 7.99. The van der Waals surface area contributed by atoms with Gasteiger partial charge in [0.2, 0.25) is 0 Å². The summed E-state index contributed by atoms with van der Waals surface area (Å²) in [5.41, 5.74) is 5.57. The molecule has 0 aliphatic heterocycles. The molecule has 136 valence electrons. The summed E-state index contributed by atoms with van der Waals surface area (Å²) in [6, 6.07) is 21.6. The second kappa shape index (κ2) is 12.1. The molecule has 0 aromatic heterocycles. The number of hydrogen-bond acceptors (Lipinski definition) is 0. The first kappa shape index (κ1) is 27.7. The monoisotopic (exact) mass is 440 g/mol. The van der Waals surface area contributed by atoms with Crippen LogP contribution in [0.2, 0.25) is 0 Å². The predicted octanol–water partition coefficient (Wildman–Crippen LogP) is -3.07. The van der Waals surface area contributed by atoms with Gasteiger partial charge >= 0.3 is 21.7 Å². The molecule has 0 heterocycles. The summed E-state index contributed by atoms with van der Waals surface area (Å²) in [5.74, 6) is 0.304. The molecule has 0 fully saturated rings. The Kier molecular flexibility index (Phi) is 12.9. The third-order valence-electron chi connectivity index (χ3n) is 4.24. The molecule has 1 aliphatic carbocycles. The molecule has 0 amide bonds. The van der Waals surface area contributed by atoms with Gasteiger partial charge in [-0.25, -0.2) is 17.7 Å². The van der Waals surface area contributed by atoms with Crippen molar-refractivity contribution in [1.29, 1.82) is 0 Å². The second-order valence-electron chi connectivity index (χ2n) is 6.98. The Morgan fingerprint density at radius 1 is 0.769 bits per heavy atom. The van der Waals surface area contributed by atoms with Crippen molar-refractivity contribution in [3.05, 3.63) is 95.1 Å². The van der Waals surface area contributed by atoms with Crippen LogP contribution in [0.4, 0.5) is 0 Å². The van der Waals surface area contributed by atoms with Crippen LogP contribution < -0.4 is 37.2 Å². The molecular weight excluding hydrogens is 418 g/mol. The fourth-order valence-corrected chi connectivity index (χ4v) is 3.06. The van der Waals surface area contributed by atoms with Gasteiger partial charge in [0.15, 0.2) is 0 Å². The first-order chi connectivity index (χ1) is 10.6. The summed E-state index contributed by atoms with van der Waals surface area (Å²) in [7, 11) is 0. The van der Waals surface area contributed by atoms with Crippen molar-refractivity contribution in [3.8, 4) is 0 Å². The summed E-state index contributed by atoms with van der Waals surface area (Å²) in [6.45, 7) is 6.78.